The van der Waals surface area contributed by atoms with Gasteiger partial charge in [-0.2, -0.15) is 16.8 Å². The van der Waals surface area contributed by atoms with Gasteiger partial charge < -0.3 is 16.4 Å². The van der Waals surface area contributed by atoms with Gasteiger partial charge in [-0.15, -0.1) is 0 Å². The highest BCUT2D eigenvalue weighted by atomic mass is 32.2. The van der Waals surface area contributed by atoms with Crippen LogP contribution in [0.3, 0.4) is 0 Å². The largest absolute Gasteiger partial charge is 0.399 e. The van der Waals surface area contributed by atoms with Gasteiger partial charge in [0.2, 0.25) is 0 Å². The maximum Gasteiger partial charge on any atom is 0.295 e. The molecule has 172 valence electrons. The van der Waals surface area contributed by atoms with Crippen LogP contribution in [-0.2, 0) is 20.2 Å². The molecule has 0 unspecified atom stereocenters. The van der Waals surface area contributed by atoms with E-state index in [-0.39, 0.29) is 22.5 Å². The average Bonchev–Trinajstić information content (AvgIpc) is 2.68. The molecule has 0 bridgehead atoms. The Labute approximate surface area is 183 Å². The van der Waals surface area contributed by atoms with Gasteiger partial charge in [-0.25, -0.2) is 0 Å². The molecule has 0 radical (unpaired) electrons. The summed E-state index contributed by atoms with van der Waals surface area (Å²) in [5, 5.41) is 0. The van der Waals surface area contributed by atoms with Crippen molar-refractivity contribution in [2.45, 2.75) is 30.6 Å². The molecule has 0 amide bonds. The van der Waals surface area contributed by atoms with Gasteiger partial charge in [-0.05, 0) is 55.0 Å². The molecule has 0 aliphatic heterocycles. The zero-order chi connectivity index (χ0) is 23.8. The third-order valence-corrected chi connectivity index (χ3v) is 6.23. The molecule has 0 spiro atoms. The van der Waals surface area contributed by atoms with Crippen LogP contribution < -0.4 is 11.5 Å². The molecule has 0 heterocycles. The SMILES string of the molecule is CCN(CC)CC.Nc1ccc(C=Cc2ccc(N)cc2S(=O)(=O)O)c(S(=O)(=O)O)c1. The van der Waals surface area contributed by atoms with Crippen molar-refractivity contribution in [3.8, 4) is 0 Å². The lowest BCUT2D eigenvalue weighted by Crippen LogP contribution is -2.21. The Bertz CT molecular complexity index is 1040. The van der Waals surface area contributed by atoms with E-state index in [1.807, 2.05) is 0 Å². The first-order valence-electron chi connectivity index (χ1n) is 9.47. The summed E-state index contributed by atoms with van der Waals surface area (Å²) in [4.78, 5) is 1.52. The van der Waals surface area contributed by atoms with Crippen LogP contribution in [0.5, 0.6) is 0 Å². The molecule has 0 atom stereocenters. The van der Waals surface area contributed by atoms with Crippen molar-refractivity contribution >= 4 is 43.8 Å². The predicted octanol–water partition coefficient (Wildman–Crippen LogP) is 2.86. The first-order valence-corrected chi connectivity index (χ1v) is 12.4. The first-order chi connectivity index (χ1) is 14.3. The van der Waals surface area contributed by atoms with Crippen LogP contribution in [0.2, 0.25) is 0 Å². The number of hydrogen-bond donors (Lipinski definition) is 4. The lowest BCUT2D eigenvalue weighted by Gasteiger charge is -2.13. The number of rotatable bonds is 7. The van der Waals surface area contributed by atoms with Crippen molar-refractivity contribution in [3.05, 3.63) is 47.5 Å². The molecule has 2 aromatic rings. The lowest BCUT2D eigenvalue weighted by atomic mass is 10.1. The van der Waals surface area contributed by atoms with E-state index in [0.29, 0.717) is 0 Å². The summed E-state index contributed by atoms with van der Waals surface area (Å²) in [5.41, 5.74) is 11.4. The third kappa shape index (κ3) is 8.31. The van der Waals surface area contributed by atoms with Gasteiger partial charge in [0.05, 0.1) is 0 Å². The van der Waals surface area contributed by atoms with Crippen molar-refractivity contribution in [1.82, 2.24) is 4.90 Å². The molecule has 6 N–H and O–H groups in total. The summed E-state index contributed by atoms with van der Waals surface area (Å²) in [6, 6.07) is 7.67. The predicted molar refractivity (Wildman–Crippen MR) is 124 cm³/mol. The highest BCUT2D eigenvalue weighted by molar-refractivity contribution is 7.86. The topological polar surface area (TPSA) is 164 Å². The standard InChI is InChI=1S/C14H14N2O6S2.C6H15N/c15-11-5-3-9(13(7-11)23(17,18)19)1-2-10-4-6-12(16)8-14(10)24(20,21)22;1-4-7(5-2)6-3/h1-8H,15-16H2,(H,17,18,19)(H,20,21,22);4-6H2,1-3H3. The molecular formula is C20H29N3O6S2. The van der Waals surface area contributed by atoms with Crippen molar-refractivity contribution in [2.75, 3.05) is 31.1 Å². The van der Waals surface area contributed by atoms with Crippen LogP contribution in [-0.4, -0.2) is 50.5 Å². The molecular weight excluding hydrogens is 442 g/mol. The minimum Gasteiger partial charge on any atom is -0.399 e. The van der Waals surface area contributed by atoms with Gasteiger partial charge >= 0.3 is 0 Å². The zero-order valence-electron chi connectivity index (χ0n) is 17.7. The second-order valence-corrected chi connectivity index (χ2v) is 9.28. The third-order valence-electron chi connectivity index (χ3n) is 4.42. The van der Waals surface area contributed by atoms with Crippen LogP contribution in [0.25, 0.3) is 12.2 Å². The average molecular weight is 472 g/mol. The van der Waals surface area contributed by atoms with E-state index in [9.17, 15) is 25.9 Å². The molecule has 0 aromatic heterocycles. The summed E-state index contributed by atoms with van der Waals surface area (Å²) in [5.74, 6) is 0. The Morgan fingerprint density at radius 2 is 1.06 bits per heavy atom. The smallest absolute Gasteiger partial charge is 0.295 e. The molecule has 31 heavy (non-hydrogen) atoms. The molecule has 9 nitrogen and oxygen atoms in total. The van der Waals surface area contributed by atoms with E-state index in [0.717, 1.165) is 12.1 Å². The summed E-state index contributed by atoms with van der Waals surface area (Å²) in [7, 11) is -9.05. The highest BCUT2D eigenvalue weighted by Gasteiger charge is 2.16. The van der Waals surface area contributed by atoms with E-state index in [2.05, 4.69) is 25.7 Å². The second-order valence-electron chi connectivity index (χ2n) is 6.50. The van der Waals surface area contributed by atoms with E-state index in [1.165, 1.54) is 56.1 Å². The maximum atomic E-state index is 11.4. The Hall–Kier alpha value is -2.44. The van der Waals surface area contributed by atoms with Gasteiger partial charge in [-0.3, -0.25) is 9.11 Å². The van der Waals surface area contributed by atoms with E-state index < -0.39 is 30.0 Å². The monoisotopic (exact) mass is 471 g/mol. The van der Waals surface area contributed by atoms with Crippen molar-refractivity contribution in [3.63, 3.8) is 0 Å². The van der Waals surface area contributed by atoms with Crippen molar-refractivity contribution < 1.29 is 25.9 Å². The molecule has 0 aliphatic rings. The Balaban J connectivity index is 0.000000592. The lowest BCUT2D eigenvalue weighted by molar-refractivity contribution is 0.321. The van der Waals surface area contributed by atoms with Crippen LogP contribution >= 0.6 is 0 Å². The number of hydrogen-bond acceptors (Lipinski definition) is 7. The summed E-state index contributed by atoms with van der Waals surface area (Å²) in [6.07, 6.45) is 2.53. The maximum absolute atomic E-state index is 11.4. The van der Waals surface area contributed by atoms with E-state index in [4.69, 9.17) is 11.5 Å². The second kappa shape index (κ2) is 11.3. The van der Waals surface area contributed by atoms with Crippen LogP contribution in [0.15, 0.2) is 46.2 Å². The molecule has 0 fully saturated rings. The molecule has 11 heteroatoms. The quantitative estimate of drug-likeness (QED) is 0.270. The van der Waals surface area contributed by atoms with Crippen molar-refractivity contribution in [1.29, 1.82) is 0 Å². The molecule has 2 aromatic carbocycles. The van der Waals surface area contributed by atoms with Gasteiger partial charge in [0.25, 0.3) is 20.2 Å². The minimum atomic E-state index is -4.52. The fraction of sp³-hybridized carbons (Fsp3) is 0.300. The first kappa shape index (κ1) is 26.6. The Morgan fingerprint density at radius 1 is 0.742 bits per heavy atom. The van der Waals surface area contributed by atoms with Crippen LogP contribution in [0.1, 0.15) is 31.9 Å². The van der Waals surface area contributed by atoms with Gasteiger partial charge in [0, 0.05) is 11.4 Å². The summed E-state index contributed by atoms with van der Waals surface area (Å²) >= 11 is 0. The van der Waals surface area contributed by atoms with Crippen molar-refractivity contribution in [2.24, 2.45) is 0 Å². The molecule has 2 rings (SSSR count). The zero-order valence-corrected chi connectivity index (χ0v) is 19.3. The fourth-order valence-electron chi connectivity index (χ4n) is 2.67. The number of nitrogen functional groups attached to an aromatic ring is 2. The molecule has 0 saturated carbocycles. The number of benzene rings is 2. The highest BCUT2D eigenvalue weighted by Crippen LogP contribution is 2.24. The molecule has 0 saturated heterocycles. The Kier molecular flexibility index (Phi) is 9.66. The molecule has 0 aliphatic carbocycles. The normalized spacial score (nSPS) is 12.1. The summed E-state index contributed by atoms with van der Waals surface area (Å²) < 4.78 is 64.1. The van der Waals surface area contributed by atoms with E-state index in [1.54, 1.807) is 0 Å². The van der Waals surface area contributed by atoms with Gasteiger partial charge in [-0.1, -0.05) is 45.1 Å². The summed E-state index contributed by atoms with van der Waals surface area (Å²) in [6.45, 7) is 10.1. The van der Waals surface area contributed by atoms with Gasteiger partial charge in [0.1, 0.15) is 9.79 Å². The van der Waals surface area contributed by atoms with Crippen LogP contribution in [0, 0.1) is 0 Å². The number of anilines is 2. The minimum absolute atomic E-state index is 0.0878. The van der Waals surface area contributed by atoms with E-state index >= 15 is 0 Å². The Morgan fingerprint density at radius 3 is 1.29 bits per heavy atom. The number of nitrogens with two attached hydrogens (primary N) is 2. The fourth-order valence-corrected chi connectivity index (χ4v) is 4.11. The van der Waals surface area contributed by atoms with Crippen LogP contribution in [0.4, 0.5) is 11.4 Å². The van der Waals surface area contributed by atoms with Gasteiger partial charge in [0.15, 0.2) is 0 Å². The number of nitrogens with zero attached hydrogens (tertiary/aromatic N) is 1.